The van der Waals surface area contributed by atoms with Gasteiger partial charge in [0.05, 0.1) is 11.1 Å². The number of benzene rings is 1. The molecule has 0 radical (unpaired) electrons. The Balaban J connectivity index is 2.18. The minimum Gasteiger partial charge on any atom is -0.481 e. The average molecular weight is 307 g/mol. The van der Waals surface area contributed by atoms with Crippen LogP contribution in [0, 0.1) is 5.92 Å². The smallest absolute Gasteiger partial charge is 0.303 e. The third-order valence-corrected chi connectivity index (χ3v) is 3.27. The van der Waals surface area contributed by atoms with Gasteiger partial charge in [0.25, 0.3) is 5.91 Å². The van der Waals surface area contributed by atoms with Crippen LogP contribution in [0.3, 0.4) is 0 Å². The lowest BCUT2D eigenvalue weighted by Gasteiger charge is -2.11. The Morgan fingerprint density at radius 2 is 2.19 bits per heavy atom. The summed E-state index contributed by atoms with van der Waals surface area (Å²) in [5, 5.41) is 12.7. The lowest BCUT2D eigenvalue weighted by Crippen LogP contribution is -2.29. The highest BCUT2D eigenvalue weighted by molar-refractivity contribution is 6.32. The molecule has 1 unspecified atom stereocenters. The van der Waals surface area contributed by atoms with Crippen molar-refractivity contribution < 1.29 is 14.7 Å². The largest absolute Gasteiger partial charge is 0.481 e. The van der Waals surface area contributed by atoms with E-state index in [4.69, 9.17) is 16.7 Å². The molecule has 0 spiro atoms. The number of carbonyl (C=O) groups excluding carboxylic acids is 1. The Morgan fingerprint density at radius 3 is 2.90 bits per heavy atom. The van der Waals surface area contributed by atoms with Crippen LogP contribution >= 0.6 is 11.6 Å². The van der Waals surface area contributed by atoms with Gasteiger partial charge in [0, 0.05) is 29.6 Å². The number of nitrogens with zero attached hydrogens (tertiary/aromatic N) is 1. The number of hydrogen-bond donors (Lipinski definition) is 2. The number of pyridine rings is 1. The zero-order valence-corrected chi connectivity index (χ0v) is 12.2. The molecule has 0 fully saturated rings. The third-order valence-electron chi connectivity index (χ3n) is 3.05. The van der Waals surface area contributed by atoms with Gasteiger partial charge in [-0.2, -0.15) is 0 Å². The first-order chi connectivity index (χ1) is 9.97. The fourth-order valence-electron chi connectivity index (χ4n) is 2.06. The fourth-order valence-corrected chi connectivity index (χ4v) is 2.29. The van der Waals surface area contributed by atoms with Gasteiger partial charge in [-0.3, -0.25) is 14.6 Å². The SMILES string of the molecule is CC(CNC(=O)c1cc(Cl)cc2cccnc12)CC(=O)O. The van der Waals surface area contributed by atoms with Crippen molar-refractivity contribution in [1.29, 1.82) is 0 Å². The standard InChI is InChI=1S/C15H15ClN2O3/c1-9(5-13(19)20)8-18-15(21)12-7-11(16)6-10-3-2-4-17-14(10)12/h2-4,6-7,9H,5,8H2,1H3,(H,18,21)(H,19,20). The molecule has 5 nitrogen and oxygen atoms in total. The molecule has 0 saturated heterocycles. The summed E-state index contributed by atoms with van der Waals surface area (Å²) in [6, 6.07) is 6.91. The Morgan fingerprint density at radius 1 is 1.43 bits per heavy atom. The van der Waals surface area contributed by atoms with E-state index in [1.54, 1.807) is 31.3 Å². The van der Waals surface area contributed by atoms with Crippen molar-refractivity contribution in [3.05, 3.63) is 41.0 Å². The molecule has 1 amide bonds. The zero-order chi connectivity index (χ0) is 15.4. The van der Waals surface area contributed by atoms with Crippen LogP contribution in [0.2, 0.25) is 5.02 Å². The second kappa shape index (κ2) is 6.54. The quantitative estimate of drug-likeness (QED) is 0.890. The molecular weight excluding hydrogens is 292 g/mol. The molecule has 0 aliphatic carbocycles. The molecule has 0 bridgehead atoms. The van der Waals surface area contributed by atoms with E-state index < -0.39 is 5.97 Å². The van der Waals surface area contributed by atoms with E-state index in [2.05, 4.69) is 10.3 Å². The van der Waals surface area contributed by atoms with Gasteiger partial charge in [0.15, 0.2) is 0 Å². The van der Waals surface area contributed by atoms with E-state index in [-0.39, 0.29) is 24.8 Å². The minimum atomic E-state index is -0.883. The van der Waals surface area contributed by atoms with Crippen molar-refractivity contribution in [2.24, 2.45) is 5.92 Å². The maximum atomic E-state index is 12.2. The molecule has 1 aromatic carbocycles. The molecule has 2 aromatic rings. The summed E-state index contributed by atoms with van der Waals surface area (Å²) in [5.74, 6) is -1.34. The first-order valence-electron chi connectivity index (χ1n) is 6.51. The number of halogens is 1. The maximum absolute atomic E-state index is 12.2. The molecule has 1 aromatic heterocycles. The van der Waals surface area contributed by atoms with Crippen LogP contribution in [0.25, 0.3) is 10.9 Å². The number of aliphatic carboxylic acids is 1. The van der Waals surface area contributed by atoms with E-state index in [1.807, 2.05) is 6.07 Å². The fraction of sp³-hybridized carbons (Fsp3) is 0.267. The number of carboxylic acids is 1. The first kappa shape index (κ1) is 15.3. The number of aromatic nitrogens is 1. The van der Waals surface area contributed by atoms with Gasteiger partial charge in [-0.15, -0.1) is 0 Å². The Kier molecular flexibility index (Phi) is 4.75. The van der Waals surface area contributed by atoms with Crippen molar-refractivity contribution in [3.8, 4) is 0 Å². The predicted molar refractivity (Wildman–Crippen MR) is 80.5 cm³/mol. The zero-order valence-electron chi connectivity index (χ0n) is 11.5. The van der Waals surface area contributed by atoms with E-state index in [0.29, 0.717) is 16.1 Å². The highest BCUT2D eigenvalue weighted by Gasteiger charge is 2.14. The summed E-state index contributed by atoms with van der Waals surface area (Å²) < 4.78 is 0. The number of carbonyl (C=O) groups is 2. The van der Waals surface area contributed by atoms with Crippen LogP contribution in [0.15, 0.2) is 30.5 Å². The molecule has 0 aliphatic heterocycles. The number of nitrogens with one attached hydrogen (secondary N) is 1. The number of carboxylic acid groups (broad SMARTS) is 1. The van der Waals surface area contributed by atoms with Crippen LogP contribution < -0.4 is 5.32 Å². The second-order valence-electron chi connectivity index (χ2n) is 4.94. The topological polar surface area (TPSA) is 79.3 Å². The van der Waals surface area contributed by atoms with E-state index in [9.17, 15) is 9.59 Å². The van der Waals surface area contributed by atoms with Crippen LogP contribution in [0.5, 0.6) is 0 Å². The molecule has 0 saturated carbocycles. The number of hydrogen-bond acceptors (Lipinski definition) is 3. The monoisotopic (exact) mass is 306 g/mol. The first-order valence-corrected chi connectivity index (χ1v) is 6.89. The van der Waals surface area contributed by atoms with Gasteiger partial charge in [0.2, 0.25) is 0 Å². The molecule has 2 rings (SSSR count). The van der Waals surface area contributed by atoms with Gasteiger partial charge in [0.1, 0.15) is 0 Å². The summed E-state index contributed by atoms with van der Waals surface area (Å²) in [6.07, 6.45) is 1.62. The van der Waals surface area contributed by atoms with Crippen LogP contribution in [-0.4, -0.2) is 28.5 Å². The Bertz CT molecular complexity index is 688. The average Bonchev–Trinajstić information content (AvgIpc) is 2.43. The second-order valence-corrected chi connectivity index (χ2v) is 5.38. The summed E-state index contributed by atoms with van der Waals surface area (Å²) in [5.41, 5.74) is 0.964. The highest BCUT2D eigenvalue weighted by atomic mass is 35.5. The number of amides is 1. The maximum Gasteiger partial charge on any atom is 0.303 e. The molecular formula is C15H15ClN2O3. The molecule has 0 aliphatic rings. The predicted octanol–water partition coefficient (Wildman–Crippen LogP) is 2.73. The minimum absolute atomic E-state index is 0.00875. The molecule has 21 heavy (non-hydrogen) atoms. The lowest BCUT2D eigenvalue weighted by atomic mass is 10.1. The van der Waals surface area contributed by atoms with E-state index in [1.165, 1.54) is 0 Å². The van der Waals surface area contributed by atoms with Gasteiger partial charge in [-0.25, -0.2) is 0 Å². The molecule has 1 heterocycles. The third kappa shape index (κ3) is 3.92. The summed E-state index contributed by atoms with van der Waals surface area (Å²) in [7, 11) is 0. The van der Waals surface area contributed by atoms with Gasteiger partial charge >= 0.3 is 5.97 Å². The van der Waals surface area contributed by atoms with Gasteiger partial charge < -0.3 is 10.4 Å². The molecule has 1 atom stereocenters. The van der Waals surface area contributed by atoms with Crippen molar-refractivity contribution in [2.45, 2.75) is 13.3 Å². The van der Waals surface area contributed by atoms with Crippen molar-refractivity contribution in [1.82, 2.24) is 10.3 Å². The van der Waals surface area contributed by atoms with Gasteiger partial charge in [-0.1, -0.05) is 24.6 Å². The van der Waals surface area contributed by atoms with E-state index in [0.717, 1.165) is 5.39 Å². The van der Waals surface area contributed by atoms with Crippen LogP contribution in [0.1, 0.15) is 23.7 Å². The number of rotatable bonds is 5. The van der Waals surface area contributed by atoms with Crippen LogP contribution in [-0.2, 0) is 4.79 Å². The van der Waals surface area contributed by atoms with Crippen molar-refractivity contribution in [3.63, 3.8) is 0 Å². The van der Waals surface area contributed by atoms with Gasteiger partial charge in [-0.05, 0) is 24.1 Å². The highest BCUT2D eigenvalue weighted by Crippen LogP contribution is 2.22. The summed E-state index contributed by atoms with van der Waals surface area (Å²) in [6.45, 7) is 2.05. The molecule has 6 heteroatoms. The Hall–Kier alpha value is -2.14. The number of fused-ring (bicyclic) bond motifs is 1. The van der Waals surface area contributed by atoms with Crippen molar-refractivity contribution >= 4 is 34.4 Å². The summed E-state index contributed by atoms with van der Waals surface area (Å²) in [4.78, 5) is 27.1. The van der Waals surface area contributed by atoms with E-state index >= 15 is 0 Å². The lowest BCUT2D eigenvalue weighted by molar-refractivity contribution is -0.137. The Labute approximate surface area is 126 Å². The summed E-state index contributed by atoms with van der Waals surface area (Å²) >= 11 is 6.01. The van der Waals surface area contributed by atoms with Crippen molar-refractivity contribution in [2.75, 3.05) is 6.54 Å². The molecule has 110 valence electrons. The van der Waals surface area contributed by atoms with Crippen LogP contribution in [0.4, 0.5) is 0 Å². The molecule has 2 N–H and O–H groups in total. The normalized spacial score (nSPS) is 12.1.